The van der Waals surface area contributed by atoms with Crippen LogP contribution in [0.5, 0.6) is 6.01 Å². The number of ether oxygens (including phenoxy) is 1. The number of unbranched alkanes of at least 4 members (excludes halogenated alkanes) is 1. The first-order valence-corrected chi connectivity index (χ1v) is 12.6. The summed E-state index contributed by atoms with van der Waals surface area (Å²) in [6.07, 6.45) is 8.51. The van der Waals surface area contributed by atoms with E-state index in [9.17, 15) is 0 Å². The standard InChI is InChI=1S/C27H41N5O/c1-5-8-15-33-27-30-24-23(18-29-25(24)26(28)31-27)17-21-10-9-11-22(16-21)19-32(13-6-2)14-12-20(4)7-3/h9-11,16,18,20,29H,5-8,12-15,17,19H2,1-4H3,(H2,28,30,31). The first-order chi connectivity index (χ1) is 16.0. The van der Waals surface area contributed by atoms with Crippen LogP contribution in [0, 0.1) is 5.92 Å². The van der Waals surface area contributed by atoms with E-state index < -0.39 is 0 Å². The second-order valence-corrected chi connectivity index (χ2v) is 9.21. The molecule has 0 saturated heterocycles. The van der Waals surface area contributed by atoms with Crippen molar-refractivity contribution < 1.29 is 4.74 Å². The maximum absolute atomic E-state index is 6.17. The van der Waals surface area contributed by atoms with Crippen molar-refractivity contribution in [1.29, 1.82) is 0 Å². The molecule has 180 valence electrons. The number of H-pyrrole nitrogens is 1. The number of nitrogens with zero attached hydrogens (tertiary/aromatic N) is 3. The van der Waals surface area contributed by atoms with E-state index in [1.807, 2.05) is 6.20 Å². The van der Waals surface area contributed by atoms with Crippen molar-refractivity contribution in [2.75, 3.05) is 25.4 Å². The maximum atomic E-state index is 6.17. The third-order valence-corrected chi connectivity index (χ3v) is 6.31. The van der Waals surface area contributed by atoms with Gasteiger partial charge in [0.15, 0.2) is 5.82 Å². The number of hydrogen-bond acceptors (Lipinski definition) is 5. The van der Waals surface area contributed by atoms with Crippen LogP contribution in [0.3, 0.4) is 0 Å². The lowest BCUT2D eigenvalue weighted by Gasteiger charge is -2.23. The van der Waals surface area contributed by atoms with Crippen LogP contribution in [0.25, 0.3) is 11.0 Å². The molecule has 0 radical (unpaired) electrons. The molecular weight excluding hydrogens is 410 g/mol. The minimum atomic E-state index is 0.361. The van der Waals surface area contributed by atoms with Crippen molar-refractivity contribution in [2.24, 2.45) is 5.92 Å². The van der Waals surface area contributed by atoms with Gasteiger partial charge >= 0.3 is 6.01 Å². The molecule has 0 amide bonds. The molecule has 0 saturated carbocycles. The molecule has 33 heavy (non-hydrogen) atoms. The van der Waals surface area contributed by atoms with E-state index >= 15 is 0 Å². The van der Waals surface area contributed by atoms with Crippen LogP contribution in [-0.4, -0.2) is 39.5 Å². The quantitative estimate of drug-likeness (QED) is 0.296. The largest absolute Gasteiger partial charge is 0.463 e. The predicted molar refractivity (Wildman–Crippen MR) is 138 cm³/mol. The van der Waals surface area contributed by atoms with Crippen LogP contribution < -0.4 is 10.5 Å². The van der Waals surface area contributed by atoms with Crippen LogP contribution >= 0.6 is 0 Å². The molecule has 3 aromatic rings. The molecule has 6 heteroatoms. The topological polar surface area (TPSA) is 80.1 Å². The van der Waals surface area contributed by atoms with Crippen LogP contribution in [0.2, 0.25) is 0 Å². The molecular formula is C27H41N5O. The molecule has 1 aromatic carbocycles. The van der Waals surface area contributed by atoms with E-state index in [2.05, 4.69) is 71.8 Å². The average molecular weight is 452 g/mol. The Morgan fingerprint density at radius 1 is 1.09 bits per heavy atom. The highest BCUT2D eigenvalue weighted by atomic mass is 16.5. The fourth-order valence-corrected chi connectivity index (χ4v) is 4.08. The molecule has 3 rings (SSSR count). The normalized spacial score (nSPS) is 12.5. The highest BCUT2D eigenvalue weighted by Gasteiger charge is 2.14. The number of aromatic nitrogens is 3. The Morgan fingerprint density at radius 2 is 1.91 bits per heavy atom. The zero-order chi connectivity index (χ0) is 23.6. The molecule has 1 unspecified atom stereocenters. The number of nitrogens with one attached hydrogen (secondary N) is 1. The zero-order valence-corrected chi connectivity index (χ0v) is 20.9. The van der Waals surface area contributed by atoms with Gasteiger partial charge in [-0.15, -0.1) is 0 Å². The summed E-state index contributed by atoms with van der Waals surface area (Å²) in [4.78, 5) is 14.8. The van der Waals surface area contributed by atoms with Gasteiger partial charge in [0.05, 0.1) is 6.61 Å². The number of hydrogen-bond donors (Lipinski definition) is 2. The van der Waals surface area contributed by atoms with E-state index in [1.54, 1.807) is 0 Å². The summed E-state index contributed by atoms with van der Waals surface area (Å²) in [5.74, 6) is 1.21. The average Bonchev–Trinajstić information content (AvgIpc) is 3.21. The summed E-state index contributed by atoms with van der Waals surface area (Å²) >= 11 is 0. The van der Waals surface area contributed by atoms with E-state index in [-0.39, 0.29) is 0 Å². The second-order valence-electron chi connectivity index (χ2n) is 9.21. The van der Waals surface area contributed by atoms with Crippen molar-refractivity contribution in [3.8, 4) is 6.01 Å². The first kappa shape index (κ1) is 25.0. The molecule has 0 aliphatic heterocycles. The summed E-state index contributed by atoms with van der Waals surface area (Å²) in [6, 6.07) is 9.29. The summed E-state index contributed by atoms with van der Waals surface area (Å²) < 4.78 is 5.72. The molecule has 0 aliphatic carbocycles. The number of rotatable bonds is 14. The molecule has 0 fully saturated rings. The van der Waals surface area contributed by atoms with E-state index in [0.717, 1.165) is 61.4 Å². The van der Waals surface area contributed by atoms with E-state index in [1.165, 1.54) is 30.4 Å². The molecule has 0 aliphatic rings. The summed E-state index contributed by atoms with van der Waals surface area (Å²) in [7, 11) is 0. The van der Waals surface area contributed by atoms with Gasteiger partial charge < -0.3 is 15.5 Å². The summed E-state index contributed by atoms with van der Waals surface area (Å²) in [6.45, 7) is 12.9. The number of fused-ring (bicyclic) bond motifs is 1. The molecule has 0 spiro atoms. The molecule has 6 nitrogen and oxygen atoms in total. The Kier molecular flexibility index (Phi) is 9.55. The third kappa shape index (κ3) is 7.19. The van der Waals surface area contributed by atoms with Crippen molar-refractivity contribution in [2.45, 2.75) is 72.8 Å². The number of nitrogens with two attached hydrogens (primary N) is 1. The van der Waals surface area contributed by atoms with Crippen molar-refractivity contribution in [3.05, 3.63) is 47.2 Å². The van der Waals surface area contributed by atoms with Gasteiger partial charge in [0.1, 0.15) is 11.0 Å². The predicted octanol–water partition coefficient (Wildman–Crippen LogP) is 5.96. The van der Waals surface area contributed by atoms with Gasteiger partial charge in [-0.2, -0.15) is 9.97 Å². The number of benzene rings is 1. The van der Waals surface area contributed by atoms with Crippen molar-refractivity contribution >= 4 is 16.9 Å². The minimum absolute atomic E-state index is 0.361. The number of nitrogen functional groups attached to an aromatic ring is 1. The lowest BCUT2D eigenvalue weighted by atomic mass is 10.0. The van der Waals surface area contributed by atoms with Crippen LogP contribution in [0.4, 0.5) is 5.82 Å². The Labute approximate surface area is 199 Å². The smallest absolute Gasteiger partial charge is 0.319 e. The lowest BCUT2D eigenvalue weighted by molar-refractivity contribution is 0.245. The van der Waals surface area contributed by atoms with Gasteiger partial charge in [0, 0.05) is 24.7 Å². The molecule has 2 heterocycles. The van der Waals surface area contributed by atoms with Gasteiger partial charge in [-0.05, 0) is 49.4 Å². The molecule has 0 bridgehead atoms. The second kappa shape index (κ2) is 12.6. The van der Waals surface area contributed by atoms with Gasteiger partial charge in [-0.25, -0.2) is 0 Å². The van der Waals surface area contributed by atoms with Crippen LogP contribution in [-0.2, 0) is 13.0 Å². The van der Waals surface area contributed by atoms with E-state index in [4.69, 9.17) is 10.5 Å². The molecule has 1 atom stereocenters. The van der Waals surface area contributed by atoms with Gasteiger partial charge in [0.25, 0.3) is 0 Å². The Morgan fingerprint density at radius 3 is 2.67 bits per heavy atom. The number of anilines is 1. The van der Waals surface area contributed by atoms with Crippen molar-refractivity contribution in [1.82, 2.24) is 19.9 Å². The highest BCUT2D eigenvalue weighted by molar-refractivity contribution is 5.87. The fourth-order valence-electron chi connectivity index (χ4n) is 4.08. The Bertz CT molecular complexity index is 999. The fraction of sp³-hybridized carbons (Fsp3) is 0.556. The minimum Gasteiger partial charge on any atom is -0.463 e. The Hall–Kier alpha value is -2.60. The molecule has 3 N–H and O–H groups in total. The van der Waals surface area contributed by atoms with Gasteiger partial charge in [0.2, 0.25) is 0 Å². The maximum Gasteiger partial charge on any atom is 0.319 e. The number of aromatic amines is 1. The Balaban J connectivity index is 1.73. The molecule has 2 aromatic heterocycles. The first-order valence-electron chi connectivity index (χ1n) is 12.6. The van der Waals surface area contributed by atoms with Crippen molar-refractivity contribution in [3.63, 3.8) is 0 Å². The monoisotopic (exact) mass is 451 g/mol. The summed E-state index contributed by atoms with van der Waals surface area (Å²) in [5, 5.41) is 0. The summed E-state index contributed by atoms with van der Waals surface area (Å²) in [5.41, 5.74) is 11.5. The van der Waals surface area contributed by atoms with E-state index in [0.29, 0.717) is 18.4 Å². The zero-order valence-electron chi connectivity index (χ0n) is 20.9. The lowest BCUT2D eigenvalue weighted by Crippen LogP contribution is -2.26. The van der Waals surface area contributed by atoms with Gasteiger partial charge in [-0.3, -0.25) is 4.90 Å². The van der Waals surface area contributed by atoms with Gasteiger partial charge in [-0.1, -0.05) is 64.8 Å². The highest BCUT2D eigenvalue weighted by Crippen LogP contribution is 2.25. The van der Waals surface area contributed by atoms with Crippen LogP contribution in [0.1, 0.15) is 76.5 Å². The SMILES string of the molecule is CCCCOc1nc(N)c2[nH]cc(Cc3cccc(CN(CCC)CCC(C)CC)c3)c2n1. The third-order valence-electron chi connectivity index (χ3n) is 6.31. The van der Waals surface area contributed by atoms with Crippen LogP contribution in [0.15, 0.2) is 30.5 Å².